The molecule has 0 fully saturated rings. The topological polar surface area (TPSA) is 67.9 Å². The molecule has 0 spiro atoms. The molecule has 0 aliphatic rings. The molecule has 0 heterocycles. The van der Waals surface area contributed by atoms with Gasteiger partial charge in [-0.05, 0) is 71.1 Å². The quantitative estimate of drug-likeness (QED) is 0.508. The summed E-state index contributed by atoms with van der Waals surface area (Å²) in [6.45, 7) is 6.46. The Morgan fingerprint density at radius 1 is 1.10 bits per heavy atom. The van der Waals surface area contributed by atoms with E-state index in [1.165, 1.54) is 5.56 Å². The normalized spacial score (nSPS) is 11.5. The fourth-order valence-electron chi connectivity index (χ4n) is 3.28. The van der Waals surface area contributed by atoms with Crippen molar-refractivity contribution < 1.29 is 19.1 Å². The van der Waals surface area contributed by atoms with Crippen molar-refractivity contribution in [3.63, 3.8) is 0 Å². The Morgan fingerprint density at radius 3 is 2.48 bits per heavy atom. The monoisotopic (exact) mass is 490 g/mol. The number of rotatable bonds is 11. The summed E-state index contributed by atoms with van der Waals surface area (Å²) in [6, 6.07) is 12.7. The summed E-state index contributed by atoms with van der Waals surface area (Å²) < 4.78 is 11.9. The van der Waals surface area contributed by atoms with Crippen LogP contribution in [0.2, 0.25) is 0 Å². The summed E-state index contributed by atoms with van der Waals surface area (Å²) in [5.41, 5.74) is 2.05. The zero-order valence-electron chi connectivity index (χ0n) is 18.6. The van der Waals surface area contributed by atoms with E-state index in [4.69, 9.17) is 9.47 Å². The Kier molecular flexibility index (Phi) is 9.85. The predicted octanol–water partition coefficient (Wildman–Crippen LogP) is 4.34. The highest BCUT2D eigenvalue weighted by atomic mass is 79.9. The van der Waals surface area contributed by atoms with E-state index in [9.17, 15) is 9.59 Å². The van der Waals surface area contributed by atoms with Crippen LogP contribution in [0.3, 0.4) is 0 Å². The van der Waals surface area contributed by atoms with Crippen LogP contribution in [0.15, 0.2) is 46.9 Å². The van der Waals surface area contributed by atoms with Crippen LogP contribution >= 0.6 is 15.9 Å². The van der Waals surface area contributed by atoms with Crippen LogP contribution in [-0.2, 0) is 22.6 Å². The first-order chi connectivity index (χ1) is 14.9. The summed E-state index contributed by atoms with van der Waals surface area (Å²) in [6.07, 6.45) is 1.41. The van der Waals surface area contributed by atoms with E-state index in [0.29, 0.717) is 24.5 Å². The lowest BCUT2D eigenvalue weighted by Gasteiger charge is -2.30. The SMILES string of the molecule is CCNC(=O)C(CC)N(Cc1cccc(OC)c1)C(=O)COc1ccc(CC)cc1Br. The second-order valence-corrected chi connectivity index (χ2v) is 7.95. The Hall–Kier alpha value is -2.54. The minimum Gasteiger partial charge on any atom is -0.497 e. The second-order valence-electron chi connectivity index (χ2n) is 7.10. The number of nitrogens with one attached hydrogen (secondary N) is 1. The highest BCUT2D eigenvalue weighted by Crippen LogP contribution is 2.26. The Balaban J connectivity index is 2.23. The van der Waals surface area contributed by atoms with Gasteiger partial charge in [-0.25, -0.2) is 0 Å². The molecule has 168 valence electrons. The third kappa shape index (κ3) is 6.99. The lowest BCUT2D eigenvalue weighted by atomic mass is 10.1. The summed E-state index contributed by atoms with van der Waals surface area (Å²) in [5, 5.41) is 2.83. The molecule has 2 amide bonds. The van der Waals surface area contributed by atoms with Gasteiger partial charge >= 0.3 is 0 Å². The maximum absolute atomic E-state index is 13.2. The molecule has 2 aromatic carbocycles. The number of hydrogen-bond donors (Lipinski definition) is 1. The Bertz CT molecular complexity index is 888. The van der Waals surface area contributed by atoms with Gasteiger partial charge in [0, 0.05) is 13.1 Å². The largest absolute Gasteiger partial charge is 0.497 e. The van der Waals surface area contributed by atoms with Gasteiger partial charge in [0.05, 0.1) is 11.6 Å². The fourth-order valence-corrected chi connectivity index (χ4v) is 3.82. The number of carbonyl (C=O) groups is 2. The lowest BCUT2D eigenvalue weighted by Crippen LogP contribution is -2.50. The predicted molar refractivity (Wildman–Crippen MR) is 125 cm³/mol. The highest BCUT2D eigenvalue weighted by Gasteiger charge is 2.28. The molecule has 1 N–H and O–H groups in total. The maximum atomic E-state index is 13.2. The number of nitrogens with zero attached hydrogens (tertiary/aromatic N) is 1. The molecular weight excluding hydrogens is 460 g/mol. The van der Waals surface area contributed by atoms with Gasteiger partial charge in [-0.15, -0.1) is 0 Å². The minimum absolute atomic E-state index is 0.163. The van der Waals surface area contributed by atoms with Crippen LogP contribution in [0.1, 0.15) is 38.3 Å². The van der Waals surface area contributed by atoms with Gasteiger partial charge in [0.25, 0.3) is 5.91 Å². The van der Waals surface area contributed by atoms with Crippen LogP contribution < -0.4 is 14.8 Å². The summed E-state index contributed by atoms with van der Waals surface area (Å²) >= 11 is 3.50. The molecule has 1 atom stereocenters. The molecule has 7 heteroatoms. The van der Waals surface area contributed by atoms with Crippen molar-refractivity contribution in [1.82, 2.24) is 10.2 Å². The standard InChI is InChI=1S/C24H31BrN2O4/c1-5-17-11-12-22(20(25)14-17)31-16-23(28)27(21(6-2)24(29)26-7-3)15-18-9-8-10-19(13-18)30-4/h8-14,21H,5-7,15-16H2,1-4H3,(H,26,29). The van der Waals surface area contributed by atoms with E-state index >= 15 is 0 Å². The molecular formula is C24H31BrN2O4. The van der Waals surface area contributed by atoms with Gasteiger partial charge in [-0.2, -0.15) is 0 Å². The number of amides is 2. The number of carbonyl (C=O) groups excluding carboxylic acids is 2. The molecule has 0 radical (unpaired) electrons. The molecule has 1 unspecified atom stereocenters. The van der Waals surface area contributed by atoms with Gasteiger partial charge in [0.1, 0.15) is 17.5 Å². The molecule has 0 aromatic heterocycles. The molecule has 2 rings (SSSR count). The van der Waals surface area contributed by atoms with Gasteiger partial charge < -0.3 is 19.7 Å². The third-order valence-electron chi connectivity index (χ3n) is 4.98. The molecule has 0 saturated carbocycles. The molecule has 0 saturated heterocycles. The van der Waals surface area contributed by atoms with Crippen molar-refractivity contribution in [2.24, 2.45) is 0 Å². The van der Waals surface area contributed by atoms with Crippen molar-refractivity contribution in [2.45, 2.75) is 46.2 Å². The lowest BCUT2D eigenvalue weighted by molar-refractivity contribution is -0.142. The fraction of sp³-hybridized carbons (Fsp3) is 0.417. The van der Waals surface area contributed by atoms with Gasteiger partial charge in [-0.1, -0.05) is 32.0 Å². The van der Waals surface area contributed by atoms with E-state index in [-0.39, 0.29) is 25.0 Å². The van der Waals surface area contributed by atoms with Crippen molar-refractivity contribution in [3.05, 3.63) is 58.1 Å². The second kappa shape index (κ2) is 12.3. The minimum atomic E-state index is -0.590. The van der Waals surface area contributed by atoms with Crippen LogP contribution in [0.5, 0.6) is 11.5 Å². The number of ether oxygens (including phenoxy) is 2. The first-order valence-electron chi connectivity index (χ1n) is 10.5. The van der Waals surface area contributed by atoms with Crippen molar-refractivity contribution >= 4 is 27.7 Å². The molecule has 31 heavy (non-hydrogen) atoms. The van der Waals surface area contributed by atoms with E-state index in [1.54, 1.807) is 12.0 Å². The molecule has 0 aliphatic heterocycles. The smallest absolute Gasteiger partial charge is 0.261 e. The van der Waals surface area contributed by atoms with Crippen LogP contribution in [0, 0.1) is 0 Å². The van der Waals surface area contributed by atoms with E-state index < -0.39 is 6.04 Å². The van der Waals surface area contributed by atoms with E-state index in [1.807, 2.05) is 56.3 Å². The molecule has 6 nitrogen and oxygen atoms in total. The van der Waals surface area contributed by atoms with Crippen molar-refractivity contribution in [3.8, 4) is 11.5 Å². The number of aryl methyl sites for hydroxylation is 1. The third-order valence-corrected chi connectivity index (χ3v) is 5.60. The molecule has 0 bridgehead atoms. The maximum Gasteiger partial charge on any atom is 0.261 e. The zero-order valence-corrected chi connectivity index (χ0v) is 20.2. The van der Waals surface area contributed by atoms with Crippen LogP contribution in [-0.4, -0.2) is 43.0 Å². The Labute approximate surface area is 193 Å². The van der Waals surface area contributed by atoms with Gasteiger partial charge in [0.15, 0.2) is 6.61 Å². The highest BCUT2D eigenvalue weighted by molar-refractivity contribution is 9.10. The van der Waals surface area contributed by atoms with Crippen LogP contribution in [0.25, 0.3) is 0 Å². The number of methoxy groups -OCH3 is 1. The number of hydrogen-bond acceptors (Lipinski definition) is 4. The summed E-state index contributed by atoms with van der Waals surface area (Å²) in [7, 11) is 1.60. The van der Waals surface area contributed by atoms with Gasteiger partial charge in [0.2, 0.25) is 5.91 Å². The first kappa shape index (κ1) is 24.7. The average molecular weight is 491 g/mol. The first-order valence-corrected chi connectivity index (χ1v) is 11.3. The molecule has 2 aromatic rings. The average Bonchev–Trinajstić information content (AvgIpc) is 2.78. The van der Waals surface area contributed by atoms with Gasteiger partial charge in [-0.3, -0.25) is 9.59 Å². The zero-order chi connectivity index (χ0) is 22.8. The van der Waals surface area contributed by atoms with E-state index in [0.717, 1.165) is 16.5 Å². The Morgan fingerprint density at radius 2 is 1.87 bits per heavy atom. The van der Waals surface area contributed by atoms with E-state index in [2.05, 4.69) is 28.2 Å². The number of benzene rings is 2. The van der Waals surface area contributed by atoms with Crippen LogP contribution in [0.4, 0.5) is 0 Å². The molecule has 0 aliphatic carbocycles. The summed E-state index contributed by atoms with van der Waals surface area (Å²) in [4.78, 5) is 27.4. The van der Waals surface area contributed by atoms with Crippen molar-refractivity contribution in [1.29, 1.82) is 0 Å². The summed E-state index contributed by atoms with van der Waals surface area (Å²) in [5.74, 6) is 0.868. The number of halogens is 1. The van der Waals surface area contributed by atoms with Crippen molar-refractivity contribution in [2.75, 3.05) is 20.3 Å². The number of likely N-dealkylation sites (N-methyl/N-ethyl adjacent to an activating group) is 1.